The van der Waals surface area contributed by atoms with Crippen LogP contribution < -0.4 is 10.6 Å². The van der Waals surface area contributed by atoms with Gasteiger partial charge >= 0.3 is 12.2 Å². The van der Waals surface area contributed by atoms with Gasteiger partial charge in [0, 0.05) is 5.56 Å². The Balaban J connectivity index is 1.63. The molecular weight excluding hydrogens is 461 g/mol. The Morgan fingerprint density at radius 2 is 1.82 bits per heavy atom. The molecule has 0 radical (unpaired) electrons. The van der Waals surface area contributed by atoms with E-state index < -0.39 is 23.6 Å². The molecule has 2 N–H and O–H groups in total. The average molecular weight is 477 g/mol. The highest BCUT2D eigenvalue weighted by molar-refractivity contribution is 6.29. The van der Waals surface area contributed by atoms with Crippen molar-refractivity contribution < 1.29 is 18.0 Å². The number of fused-ring (bicyclic) bond motifs is 1. The van der Waals surface area contributed by atoms with Crippen molar-refractivity contribution in [2.75, 3.05) is 10.6 Å². The Bertz CT molecular complexity index is 1330. The first-order valence-corrected chi connectivity index (χ1v) is 9.98. The van der Waals surface area contributed by atoms with E-state index in [0.29, 0.717) is 22.3 Å². The summed E-state index contributed by atoms with van der Waals surface area (Å²) in [6, 6.07) is 3.30. The van der Waals surface area contributed by atoms with Gasteiger partial charge in [-0.2, -0.15) is 23.4 Å². The average Bonchev–Trinajstić information content (AvgIpc) is 3.27. The van der Waals surface area contributed by atoms with E-state index in [1.54, 1.807) is 12.1 Å². The van der Waals surface area contributed by atoms with E-state index in [2.05, 4.69) is 35.8 Å². The molecule has 4 aromatic rings. The summed E-state index contributed by atoms with van der Waals surface area (Å²) in [7, 11) is 0. The highest BCUT2D eigenvalue weighted by Crippen LogP contribution is 2.34. The lowest BCUT2D eigenvalue weighted by atomic mass is 10.0. The fraction of sp³-hybridized carbons (Fsp3) is 0.200. The summed E-state index contributed by atoms with van der Waals surface area (Å²) < 4.78 is 40.7. The van der Waals surface area contributed by atoms with E-state index in [1.807, 2.05) is 13.8 Å². The Morgan fingerprint density at radius 3 is 2.48 bits per heavy atom. The molecule has 9 nitrogen and oxygen atoms in total. The molecule has 0 saturated carbocycles. The SMILES string of the molecule is CC(C)c1c(NC(=O)Nc2cnc(-n3nccn3)c(C(F)(F)F)c2)cnc2ccc(Cl)nc12. The van der Waals surface area contributed by atoms with Gasteiger partial charge in [-0.15, -0.1) is 4.80 Å². The van der Waals surface area contributed by atoms with Crippen LogP contribution >= 0.6 is 11.6 Å². The van der Waals surface area contributed by atoms with Crippen LogP contribution in [0.15, 0.2) is 43.0 Å². The minimum atomic E-state index is -4.75. The summed E-state index contributed by atoms with van der Waals surface area (Å²) in [4.78, 5) is 25.7. The minimum Gasteiger partial charge on any atom is -0.306 e. The number of amides is 2. The number of anilines is 2. The van der Waals surface area contributed by atoms with Gasteiger partial charge in [-0.3, -0.25) is 4.98 Å². The van der Waals surface area contributed by atoms with Crippen molar-refractivity contribution in [3.8, 4) is 5.82 Å². The summed E-state index contributed by atoms with van der Waals surface area (Å²) in [5, 5.41) is 12.6. The lowest BCUT2D eigenvalue weighted by Gasteiger charge is -2.17. The van der Waals surface area contributed by atoms with E-state index in [-0.39, 0.29) is 16.8 Å². The number of nitrogens with one attached hydrogen (secondary N) is 2. The van der Waals surface area contributed by atoms with Crippen LogP contribution in [0.25, 0.3) is 16.9 Å². The Kier molecular flexibility index (Phi) is 5.85. The Labute approximate surface area is 190 Å². The molecule has 0 atom stereocenters. The molecule has 170 valence electrons. The molecule has 0 bridgehead atoms. The number of nitrogens with zero attached hydrogens (tertiary/aromatic N) is 6. The quantitative estimate of drug-likeness (QED) is 0.399. The second-order valence-electron chi connectivity index (χ2n) is 7.23. The largest absolute Gasteiger partial charge is 0.420 e. The Morgan fingerprint density at radius 1 is 1.09 bits per heavy atom. The third-order valence-corrected chi connectivity index (χ3v) is 4.79. The third kappa shape index (κ3) is 4.70. The molecule has 13 heteroatoms. The number of pyridine rings is 3. The van der Waals surface area contributed by atoms with Crippen LogP contribution in [0.4, 0.5) is 29.3 Å². The van der Waals surface area contributed by atoms with Crippen LogP contribution in [-0.4, -0.2) is 36.0 Å². The summed E-state index contributed by atoms with van der Waals surface area (Å²) in [6.07, 6.45) is 0.248. The van der Waals surface area contributed by atoms with Gasteiger partial charge in [0.15, 0.2) is 5.82 Å². The first kappa shape index (κ1) is 22.4. The van der Waals surface area contributed by atoms with Crippen molar-refractivity contribution in [1.29, 1.82) is 0 Å². The molecule has 33 heavy (non-hydrogen) atoms. The summed E-state index contributed by atoms with van der Waals surface area (Å²) in [5.41, 5.74) is 0.878. The molecule has 0 spiro atoms. The first-order valence-electron chi connectivity index (χ1n) is 9.60. The maximum atomic E-state index is 13.6. The van der Waals surface area contributed by atoms with E-state index in [4.69, 9.17) is 11.6 Å². The lowest BCUT2D eigenvalue weighted by Crippen LogP contribution is -2.22. The molecule has 4 heterocycles. The molecule has 0 aliphatic rings. The van der Waals surface area contributed by atoms with Crippen LogP contribution in [0.5, 0.6) is 0 Å². The minimum absolute atomic E-state index is 0.0591. The standard InChI is InChI=1S/C20H16ClF3N8O/c1-10(2)16-14(9-25-13-3-4-15(21)31-17(13)16)30-19(33)29-11-7-12(20(22,23)24)18(26-8-11)32-27-5-6-28-32/h3-10H,1-2H3,(H2,29,30,33). The van der Waals surface area contributed by atoms with Crippen molar-refractivity contribution in [2.45, 2.75) is 25.9 Å². The molecule has 0 fully saturated rings. The number of hydrogen-bond donors (Lipinski definition) is 2. The second kappa shape index (κ2) is 8.62. The Hall–Kier alpha value is -3.80. The fourth-order valence-electron chi connectivity index (χ4n) is 3.25. The van der Waals surface area contributed by atoms with Crippen LogP contribution in [0, 0.1) is 0 Å². The molecule has 0 saturated heterocycles. The van der Waals surface area contributed by atoms with Gasteiger partial charge in [-0.1, -0.05) is 25.4 Å². The number of urea groups is 1. The predicted molar refractivity (Wildman–Crippen MR) is 115 cm³/mol. The number of aromatic nitrogens is 6. The smallest absolute Gasteiger partial charge is 0.306 e. The van der Waals surface area contributed by atoms with Gasteiger partial charge < -0.3 is 10.6 Å². The van der Waals surface area contributed by atoms with E-state index in [1.165, 1.54) is 18.6 Å². The zero-order valence-corrected chi connectivity index (χ0v) is 18.0. The zero-order valence-electron chi connectivity index (χ0n) is 17.2. The number of carbonyl (C=O) groups is 1. The van der Waals surface area contributed by atoms with Gasteiger partial charge in [0.1, 0.15) is 10.7 Å². The van der Waals surface area contributed by atoms with Crippen LogP contribution in [0.1, 0.15) is 30.9 Å². The van der Waals surface area contributed by atoms with Gasteiger partial charge in [0.2, 0.25) is 0 Å². The number of carbonyl (C=O) groups excluding carboxylic acids is 1. The normalized spacial score (nSPS) is 11.7. The molecule has 0 aromatic carbocycles. The number of halogens is 4. The lowest BCUT2D eigenvalue weighted by molar-refractivity contribution is -0.137. The number of hydrogen-bond acceptors (Lipinski definition) is 6. The third-order valence-electron chi connectivity index (χ3n) is 4.58. The summed E-state index contributed by atoms with van der Waals surface area (Å²) in [5.74, 6) is -0.571. The van der Waals surface area contributed by atoms with Crippen molar-refractivity contribution >= 4 is 40.0 Å². The summed E-state index contributed by atoms with van der Waals surface area (Å²) in [6.45, 7) is 3.81. The van der Waals surface area contributed by atoms with Crippen molar-refractivity contribution in [3.05, 3.63) is 59.3 Å². The van der Waals surface area contributed by atoms with Crippen LogP contribution in [0.3, 0.4) is 0 Å². The van der Waals surface area contributed by atoms with Crippen molar-refractivity contribution in [2.24, 2.45) is 0 Å². The number of alkyl halides is 3. The van der Waals surface area contributed by atoms with Gasteiger partial charge in [0.25, 0.3) is 0 Å². The molecule has 0 unspecified atom stereocenters. The molecule has 4 rings (SSSR count). The van der Waals surface area contributed by atoms with Crippen molar-refractivity contribution in [1.82, 2.24) is 29.9 Å². The molecular formula is C20H16ClF3N8O. The monoisotopic (exact) mass is 476 g/mol. The second-order valence-corrected chi connectivity index (χ2v) is 7.62. The van der Waals surface area contributed by atoms with Crippen LogP contribution in [-0.2, 0) is 6.18 Å². The van der Waals surface area contributed by atoms with Crippen molar-refractivity contribution in [3.63, 3.8) is 0 Å². The number of rotatable bonds is 4. The zero-order chi connectivity index (χ0) is 23.8. The first-order chi connectivity index (χ1) is 15.6. The topological polar surface area (TPSA) is 111 Å². The van der Waals surface area contributed by atoms with E-state index in [0.717, 1.165) is 17.1 Å². The molecule has 4 aromatic heterocycles. The highest BCUT2D eigenvalue weighted by atomic mass is 35.5. The van der Waals surface area contributed by atoms with E-state index >= 15 is 0 Å². The molecule has 0 aliphatic heterocycles. The molecule has 0 aliphatic carbocycles. The van der Waals surface area contributed by atoms with Gasteiger partial charge in [-0.25, -0.2) is 14.8 Å². The van der Waals surface area contributed by atoms with Gasteiger partial charge in [-0.05, 0) is 24.1 Å². The molecule has 2 amide bonds. The fourth-order valence-corrected chi connectivity index (χ4v) is 3.40. The predicted octanol–water partition coefficient (Wildman–Crippen LogP) is 5.05. The maximum absolute atomic E-state index is 13.6. The highest BCUT2D eigenvalue weighted by Gasteiger charge is 2.36. The van der Waals surface area contributed by atoms with Gasteiger partial charge in [0.05, 0.1) is 47.2 Å². The summed E-state index contributed by atoms with van der Waals surface area (Å²) >= 11 is 6.01. The van der Waals surface area contributed by atoms with E-state index in [9.17, 15) is 18.0 Å². The van der Waals surface area contributed by atoms with Crippen LogP contribution in [0.2, 0.25) is 5.15 Å². The maximum Gasteiger partial charge on any atom is 0.420 e.